The van der Waals surface area contributed by atoms with Crippen molar-refractivity contribution in [2.24, 2.45) is 0 Å². The maximum atomic E-state index is 13.2. The molecule has 0 bridgehead atoms. The van der Waals surface area contributed by atoms with Crippen LogP contribution in [-0.4, -0.2) is 31.2 Å². The van der Waals surface area contributed by atoms with Crippen LogP contribution in [-0.2, 0) is 13.1 Å². The van der Waals surface area contributed by atoms with E-state index in [4.69, 9.17) is 22.1 Å². The topological polar surface area (TPSA) is 101 Å². The molecule has 8 nitrogen and oxygen atoms in total. The van der Waals surface area contributed by atoms with Gasteiger partial charge in [0, 0.05) is 23.9 Å². The molecule has 0 saturated heterocycles. The van der Waals surface area contributed by atoms with Gasteiger partial charge in [0.25, 0.3) is 0 Å². The van der Waals surface area contributed by atoms with Crippen LogP contribution in [0, 0.1) is 13.8 Å². The Kier molecular flexibility index (Phi) is 6.22. The Labute approximate surface area is 174 Å². The van der Waals surface area contributed by atoms with E-state index in [1.165, 1.54) is 4.57 Å². The Morgan fingerprint density at radius 3 is 2.72 bits per heavy atom. The van der Waals surface area contributed by atoms with Gasteiger partial charge in [-0.25, -0.2) is 4.79 Å². The number of nitrogens with two attached hydrogens (primary N) is 1. The Morgan fingerprint density at radius 1 is 1.28 bits per heavy atom. The minimum atomic E-state index is -0.221. The van der Waals surface area contributed by atoms with Crippen molar-refractivity contribution in [3.63, 3.8) is 0 Å². The van der Waals surface area contributed by atoms with E-state index >= 15 is 0 Å². The van der Waals surface area contributed by atoms with Crippen molar-refractivity contribution in [3.05, 3.63) is 51.3 Å². The summed E-state index contributed by atoms with van der Waals surface area (Å²) in [6, 6.07) is 0. The maximum absolute atomic E-state index is 13.2. The van der Waals surface area contributed by atoms with E-state index in [1.807, 2.05) is 19.9 Å². The second-order valence-corrected chi connectivity index (χ2v) is 7.25. The number of imidazole rings is 1. The summed E-state index contributed by atoms with van der Waals surface area (Å²) in [6.45, 7) is 8.31. The van der Waals surface area contributed by atoms with Crippen molar-refractivity contribution in [2.75, 3.05) is 12.8 Å². The summed E-state index contributed by atoms with van der Waals surface area (Å²) < 4.78 is 8.63. The average molecular weight is 417 g/mol. The molecular formula is C20H25ClN6O2. The molecule has 0 amide bonds. The second kappa shape index (κ2) is 8.65. The van der Waals surface area contributed by atoms with Crippen molar-refractivity contribution in [2.45, 2.75) is 46.2 Å². The fourth-order valence-corrected chi connectivity index (χ4v) is 3.75. The van der Waals surface area contributed by atoms with Crippen molar-refractivity contribution >= 4 is 28.7 Å². The molecule has 3 rings (SSSR count). The average Bonchev–Trinajstić information content (AvgIpc) is 2.93. The van der Waals surface area contributed by atoms with Crippen molar-refractivity contribution in [3.8, 4) is 5.75 Å². The van der Waals surface area contributed by atoms with Crippen LogP contribution in [0.2, 0.25) is 5.15 Å². The zero-order valence-corrected chi connectivity index (χ0v) is 17.7. The standard InChI is InChI=1S/C20H25ClN6O2/c1-5-6-7-8-9-26-15-17(21)24-19(22)25-18(15)27(20(26)28)11-14-13(3)16(29-4)12(2)10-23-14/h5,10H,1,6-9,11H2,2-4H3,(H2,22,24,25). The number of aromatic nitrogens is 5. The summed E-state index contributed by atoms with van der Waals surface area (Å²) in [7, 11) is 1.62. The zero-order chi connectivity index (χ0) is 21.1. The van der Waals surface area contributed by atoms with Crippen LogP contribution in [0.4, 0.5) is 5.95 Å². The number of nitrogen functional groups attached to an aromatic ring is 1. The number of anilines is 1. The fraction of sp³-hybridized carbons (Fsp3) is 0.400. The molecule has 154 valence electrons. The van der Waals surface area contributed by atoms with Gasteiger partial charge < -0.3 is 10.5 Å². The lowest BCUT2D eigenvalue weighted by atomic mass is 10.1. The Bertz CT molecular complexity index is 1120. The normalized spacial score (nSPS) is 11.2. The predicted molar refractivity (Wildman–Crippen MR) is 115 cm³/mol. The van der Waals surface area contributed by atoms with Crippen molar-refractivity contribution < 1.29 is 4.74 Å². The fourth-order valence-electron chi connectivity index (χ4n) is 3.47. The highest BCUT2D eigenvalue weighted by Crippen LogP contribution is 2.26. The number of halogens is 1. The van der Waals surface area contributed by atoms with Crippen LogP contribution in [0.1, 0.15) is 36.1 Å². The first kappa shape index (κ1) is 20.9. The first-order valence-corrected chi connectivity index (χ1v) is 9.78. The summed E-state index contributed by atoms with van der Waals surface area (Å²) in [5.74, 6) is 0.773. The van der Waals surface area contributed by atoms with E-state index in [9.17, 15) is 4.79 Å². The summed E-state index contributed by atoms with van der Waals surface area (Å²) in [4.78, 5) is 26.1. The number of hydrogen-bond donors (Lipinski definition) is 1. The molecule has 0 unspecified atom stereocenters. The third-order valence-corrected chi connectivity index (χ3v) is 5.19. The number of hydrogen-bond acceptors (Lipinski definition) is 6. The van der Waals surface area contributed by atoms with Gasteiger partial charge in [-0.2, -0.15) is 9.97 Å². The van der Waals surface area contributed by atoms with Crippen molar-refractivity contribution in [1.82, 2.24) is 24.1 Å². The highest BCUT2D eigenvalue weighted by atomic mass is 35.5. The van der Waals surface area contributed by atoms with E-state index in [0.717, 1.165) is 36.1 Å². The van der Waals surface area contributed by atoms with Crippen LogP contribution >= 0.6 is 11.6 Å². The largest absolute Gasteiger partial charge is 0.496 e. The SMILES string of the molecule is C=CCCCCn1c(=O)n(Cc2ncc(C)c(OC)c2C)c2nc(N)nc(Cl)c21. The number of methoxy groups -OCH3 is 1. The number of aryl methyl sites for hydroxylation is 2. The van der Waals surface area contributed by atoms with Crippen LogP contribution in [0.5, 0.6) is 5.75 Å². The molecular weight excluding hydrogens is 392 g/mol. The van der Waals surface area contributed by atoms with Crippen LogP contribution in [0.3, 0.4) is 0 Å². The Hall–Kier alpha value is -2.87. The molecule has 2 N–H and O–H groups in total. The highest BCUT2D eigenvalue weighted by Gasteiger charge is 2.21. The lowest BCUT2D eigenvalue weighted by Gasteiger charge is -2.12. The quantitative estimate of drug-likeness (QED) is 0.343. The molecule has 9 heteroatoms. The second-order valence-electron chi connectivity index (χ2n) is 6.90. The molecule has 0 aliphatic carbocycles. The minimum absolute atomic E-state index is 0.0197. The molecule has 0 aromatic carbocycles. The summed E-state index contributed by atoms with van der Waals surface area (Å²) in [5, 5.41) is 0.165. The number of unbranched alkanes of at least 4 members (excludes halogenated alkanes) is 2. The maximum Gasteiger partial charge on any atom is 0.330 e. The number of allylic oxidation sites excluding steroid dienone is 1. The molecule has 0 saturated carbocycles. The van der Waals surface area contributed by atoms with E-state index < -0.39 is 0 Å². The van der Waals surface area contributed by atoms with Gasteiger partial charge in [-0.05, 0) is 33.1 Å². The van der Waals surface area contributed by atoms with Gasteiger partial charge in [0.2, 0.25) is 5.95 Å². The van der Waals surface area contributed by atoms with E-state index in [0.29, 0.717) is 23.4 Å². The molecule has 29 heavy (non-hydrogen) atoms. The highest BCUT2D eigenvalue weighted by molar-refractivity contribution is 6.33. The molecule has 3 heterocycles. The van der Waals surface area contributed by atoms with E-state index in [-0.39, 0.29) is 23.3 Å². The van der Waals surface area contributed by atoms with Gasteiger partial charge in [0.05, 0.1) is 19.3 Å². The van der Waals surface area contributed by atoms with Crippen LogP contribution < -0.4 is 16.2 Å². The molecule has 0 fully saturated rings. The minimum Gasteiger partial charge on any atom is -0.496 e. The number of nitrogens with zero attached hydrogens (tertiary/aromatic N) is 5. The zero-order valence-electron chi connectivity index (χ0n) is 16.9. The number of ether oxygens (including phenoxy) is 1. The first-order valence-electron chi connectivity index (χ1n) is 9.41. The molecule has 0 spiro atoms. The lowest BCUT2D eigenvalue weighted by Crippen LogP contribution is -2.25. The molecule has 0 radical (unpaired) electrons. The van der Waals surface area contributed by atoms with Crippen LogP contribution in [0.15, 0.2) is 23.6 Å². The number of pyridine rings is 1. The Morgan fingerprint density at radius 2 is 2.03 bits per heavy atom. The smallest absolute Gasteiger partial charge is 0.330 e. The van der Waals surface area contributed by atoms with Gasteiger partial charge in [-0.15, -0.1) is 6.58 Å². The van der Waals surface area contributed by atoms with E-state index in [1.54, 1.807) is 17.9 Å². The molecule has 0 atom stereocenters. The summed E-state index contributed by atoms with van der Waals surface area (Å²) in [6.07, 6.45) is 6.21. The van der Waals surface area contributed by atoms with E-state index in [2.05, 4.69) is 21.5 Å². The van der Waals surface area contributed by atoms with Gasteiger partial charge in [0.1, 0.15) is 11.3 Å². The molecule has 3 aromatic heterocycles. The first-order chi connectivity index (χ1) is 13.9. The van der Waals surface area contributed by atoms with Crippen LogP contribution in [0.25, 0.3) is 11.2 Å². The molecule has 3 aromatic rings. The summed E-state index contributed by atoms with van der Waals surface area (Å²) in [5.41, 5.74) is 8.99. The van der Waals surface area contributed by atoms with Gasteiger partial charge in [-0.1, -0.05) is 17.7 Å². The third kappa shape index (κ3) is 3.98. The monoisotopic (exact) mass is 416 g/mol. The van der Waals surface area contributed by atoms with Crippen molar-refractivity contribution in [1.29, 1.82) is 0 Å². The third-order valence-electron chi connectivity index (χ3n) is 4.93. The number of rotatable bonds is 8. The summed E-state index contributed by atoms with van der Waals surface area (Å²) >= 11 is 6.34. The predicted octanol–water partition coefficient (Wildman–Crippen LogP) is 3.25. The lowest BCUT2D eigenvalue weighted by molar-refractivity contribution is 0.406. The molecule has 0 aliphatic heterocycles. The Balaban J connectivity index is 2.12. The molecule has 0 aliphatic rings. The van der Waals surface area contributed by atoms with Gasteiger partial charge in [0.15, 0.2) is 10.8 Å². The number of fused-ring (bicyclic) bond motifs is 1. The van der Waals surface area contributed by atoms with Gasteiger partial charge >= 0.3 is 5.69 Å². The van der Waals surface area contributed by atoms with Gasteiger partial charge in [-0.3, -0.25) is 14.1 Å².